The minimum atomic E-state index is 0.230. The summed E-state index contributed by atoms with van der Waals surface area (Å²) in [5.41, 5.74) is 7.49. The second-order valence-electron chi connectivity index (χ2n) is 6.05. The van der Waals surface area contributed by atoms with E-state index in [1.807, 2.05) is 6.07 Å². The fraction of sp³-hybridized carbons (Fsp3) is 0.611. The first kappa shape index (κ1) is 17.4. The number of methoxy groups -OCH3 is 2. The molecule has 0 spiro atoms. The molecule has 2 rings (SSSR count). The molecule has 1 aliphatic rings. The van der Waals surface area contributed by atoms with Gasteiger partial charge in [-0.3, -0.25) is 4.79 Å². The number of carbonyl (C=O) groups is 1. The molecule has 2 N–H and O–H groups in total. The zero-order chi connectivity index (χ0) is 16.8. The number of aryl methyl sites for hydroxylation is 1. The van der Waals surface area contributed by atoms with E-state index in [-0.39, 0.29) is 5.91 Å². The summed E-state index contributed by atoms with van der Waals surface area (Å²) in [4.78, 5) is 14.6. The summed E-state index contributed by atoms with van der Waals surface area (Å²) < 4.78 is 10.6. The molecule has 1 heterocycles. The Bertz CT molecular complexity index is 545. The minimum absolute atomic E-state index is 0.230. The highest BCUT2D eigenvalue weighted by Crippen LogP contribution is 2.32. The maximum absolute atomic E-state index is 12.6. The van der Waals surface area contributed by atoms with Crippen molar-refractivity contribution in [2.45, 2.75) is 51.5 Å². The van der Waals surface area contributed by atoms with Crippen molar-refractivity contribution in [3.63, 3.8) is 0 Å². The molecule has 0 aliphatic carbocycles. The number of ether oxygens (including phenoxy) is 2. The van der Waals surface area contributed by atoms with Gasteiger partial charge in [0.2, 0.25) is 5.91 Å². The number of carbonyl (C=O) groups excluding carboxylic acids is 1. The molecule has 1 aromatic rings. The summed E-state index contributed by atoms with van der Waals surface area (Å²) in [6.45, 7) is 3.04. The summed E-state index contributed by atoms with van der Waals surface area (Å²) in [6, 6.07) is 4.03. The predicted molar refractivity (Wildman–Crippen MR) is 91.9 cm³/mol. The molecule has 0 aromatic heterocycles. The first-order chi connectivity index (χ1) is 11.1. The second kappa shape index (κ2) is 8.09. The molecule has 23 heavy (non-hydrogen) atoms. The Hall–Kier alpha value is -1.91. The Morgan fingerprint density at radius 2 is 2.00 bits per heavy atom. The molecule has 1 saturated heterocycles. The van der Waals surface area contributed by atoms with Crippen molar-refractivity contribution in [1.29, 1.82) is 0 Å². The van der Waals surface area contributed by atoms with Crippen LogP contribution in [0.2, 0.25) is 0 Å². The van der Waals surface area contributed by atoms with Gasteiger partial charge in [-0.2, -0.15) is 0 Å². The Kier molecular flexibility index (Phi) is 6.13. The fourth-order valence-electron chi connectivity index (χ4n) is 3.33. The van der Waals surface area contributed by atoms with Crippen LogP contribution in [0.1, 0.15) is 44.6 Å². The second-order valence-corrected chi connectivity index (χ2v) is 6.05. The number of piperidine rings is 1. The lowest BCUT2D eigenvalue weighted by molar-refractivity contribution is -0.134. The number of nitrogens with two attached hydrogens (primary N) is 1. The number of nitrogens with zero attached hydrogens (tertiary/aromatic N) is 1. The Morgan fingerprint density at radius 3 is 2.65 bits per heavy atom. The van der Waals surface area contributed by atoms with E-state index in [1.54, 1.807) is 20.3 Å². The van der Waals surface area contributed by atoms with Crippen LogP contribution in [0.3, 0.4) is 0 Å². The van der Waals surface area contributed by atoms with Crippen molar-refractivity contribution in [2.75, 3.05) is 26.5 Å². The maximum Gasteiger partial charge on any atom is 0.223 e. The average molecular weight is 320 g/mol. The number of nitrogen functional groups attached to an aromatic ring is 1. The Morgan fingerprint density at radius 1 is 1.26 bits per heavy atom. The highest BCUT2D eigenvalue weighted by atomic mass is 16.5. The quantitative estimate of drug-likeness (QED) is 0.818. The van der Waals surface area contributed by atoms with Gasteiger partial charge >= 0.3 is 0 Å². The number of hydrogen-bond acceptors (Lipinski definition) is 4. The smallest absolute Gasteiger partial charge is 0.223 e. The third-order valence-corrected chi connectivity index (χ3v) is 4.66. The third kappa shape index (κ3) is 4.09. The lowest BCUT2D eigenvalue weighted by Crippen LogP contribution is -2.43. The van der Waals surface area contributed by atoms with Crippen LogP contribution in [0, 0.1) is 0 Å². The van der Waals surface area contributed by atoms with E-state index in [0.717, 1.165) is 37.1 Å². The molecular weight excluding hydrogens is 292 g/mol. The van der Waals surface area contributed by atoms with Gasteiger partial charge in [0.25, 0.3) is 0 Å². The van der Waals surface area contributed by atoms with E-state index in [9.17, 15) is 4.79 Å². The molecular formula is C18H28N2O3. The zero-order valence-corrected chi connectivity index (χ0v) is 14.4. The fourth-order valence-corrected chi connectivity index (χ4v) is 3.33. The molecule has 5 heteroatoms. The van der Waals surface area contributed by atoms with Crippen LogP contribution in [-0.4, -0.2) is 37.6 Å². The third-order valence-electron chi connectivity index (χ3n) is 4.66. The summed E-state index contributed by atoms with van der Waals surface area (Å²) in [5.74, 6) is 1.54. The molecule has 5 nitrogen and oxygen atoms in total. The molecule has 0 radical (unpaired) electrons. The van der Waals surface area contributed by atoms with Gasteiger partial charge in [-0.25, -0.2) is 0 Å². The minimum Gasteiger partial charge on any atom is -0.496 e. The molecule has 1 amide bonds. The summed E-state index contributed by atoms with van der Waals surface area (Å²) in [7, 11) is 3.20. The van der Waals surface area contributed by atoms with Gasteiger partial charge in [-0.05, 0) is 43.7 Å². The highest BCUT2D eigenvalue weighted by molar-refractivity contribution is 5.77. The van der Waals surface area contributed by atoms with E-state index in [2.05, 4.69) is 11.8 Å². The van der Waals surface area contributed by atoms with E-state index in [4.69, 9.17) is 15.2 Å². The number of hydrogen-bond donors (Lipinski definition) is 1. The molecule has 1 fully saturated rings. The zero-order valence-electron chi connectivity index (χ0n) is 14.4. The van der Waals surface area contributed by atoms with Crippen LogP contribution in [0.25, 0.3) is 0 Å². The Labute approximate surface area is 138 Å². The molecule has 0 saturated carbocycles. The van der Waals surface area contributed by atoms with Crippen LogP contribution >= 0.6 is 0 Å². The van der Waals surface area contributed by atoms with E-state index >= 15 is 0 Å². The normalized spacial score (nSPS) is 17.9. The summed E-state index contributed by atoms with van der Waals surface area (Å²) in [5, 5.41) is 0. The largest absolute Gasteiger partial charge is 0.496 e. The SMILES string of the molecule is CCC1CCCCN1C(=O)CCc1cc(N)c(OC)cc1OC. The van der Waals surface area contributed by atoms with Gasteiger partial charge < -0.3 is 20.1 Å². The van der Waals surface area contributed by atoms with Crippen molar-refractivity contribution in [2.24, 2.45) is 0 Å². The van der Waals surface area contributed by atoms with Gasteiger partial charge in [-0.15, -0.1) is 0 Å². The predicted octanol–water partition coefficient (Wildman–Crippen LogP) is 3.01. The Balaban J connectivity index is 2.05. The van der Waals surface area contributed by atoms with Crippen LogP contribution < -0.4 is 15.2 Å². The number of benzene rings is 1. The van der Waals surface area contributed by atoms with Crippen molar-refractivity contribution in [3.8, 4) is 11.5 Å². The standard InChI is InChI=1S/C18H28N2O3/c1-4-14-7-5-6-10-20(14)18(21)9-8-13-11-15(19)17(23-3)12-16(13)22-2/h11-12,14H,4-10,19H2,1-3H3. The lowest BCUT2D eigenvalue weighted by Gasteiger charge is -2.35. The van der Waals surface area contributed by atoms with Gasteiger partial charge in [-0.1, -0.05) is 6.92 Å². The van der Waals surface area contributed by atoms with Crippen molar-refractivity contribution < 1.29 is 14.3 Å². The topological polar surface area (TPSA) is 64.8 Å². The monoisotopic (exact) mass is 320 g/mol. The van der Waals surface area contributed by atoms with E-state index in [0.29, 0.717) is 30.3 Å². The van der Waals surface area contributed by atoms with E-state index in [1.165, 1.54) is 6.42 Å². The molecule has 0 bridgehead atoms. The van der Waals surface area contributed by atoms with Crippen molar-refractivity contribution in [1.82, 2.24) is 4.90 Å². The number of amides is 1. The van der Waals surface area contributed by atoms with Crippen molar-refractivity contribution in [3.05, 3.63) is 17.7 Å². The summed E-state index contributed by atoms with van der Waals surface area (Å²) in [6.07, 6.45) is 5.61. The van der Waals surface area contributed by atoms with Gasteiger partial charge in [0.05, 0.1) is 19.9 Å². The maximum atomic E-state index is 12.6. The van der Waals surface area contributed by atoms with Crippen LogP contribution in [0.4, 0.5) is 5.69 Å². The van der Waals surface area contributed by atoms with Gasteiger partial charge in [0.1, 0.15) is 11.5 Å². The molecule has 1 aliphatic heterocycles. The van der Waals surface area contributed by atoms with Crippen LogP contribution in [-0.2, 0) is 11.2 Å². The molecule has 1 atom stereocenters. The number of rotatable bonds is 6. The molecule has 1 unspecified atom stereocenters. The first-order valence-electron chi connectivity index (χ1n) is 8.40. The number of likely N-dealkylation sites (tertiary alicyclic amines) is 1. The van der Waals surface area contributed by atoms with Crippen molar-refractivity contribution >= 4 is 11.6 Å². The highest BCUT2D eigenvalue weighted by Gasteiger charge is 2.25. The molecule has 128 valence electrons. The van der Waals surface area contributed by atoms with Crippen LogP contribution in [0.5, 0.6) is 11.5 Å². The first-order valence-corrected chi connectivity index (χ1v) is 8.40. The van der Waals surface area contributed by atoms with E-state index < -0.39 is 0 Å². The number of anilines is 1. The lowest BCUT2D eigenvalue weighted by atomic mass is 9.98. The van der Waals surface area contributed by atoms with Gasteiger partial charge in [0.15, 0.2) is 0 Å². The average Bonchev–Trinajstić information content (AvgIpc) is 2.59. The van der Waals surface area contributed by atoms with Gasteiger partial charge in [0, 0.05) is 25.1 Å². The van der Waals surface area contributed by atoms with Crippen LogP contribution in [0.15, 0.2) is 12.1 Å². The molecule has 1 aromatic carbocycles. The summed E-state index contributed by atoms with van der Waals surface area (Å²) >= 11 is 0.